The van der Waals surface area contributed by atoms with Crippen molar-refractivity contribution in [1.29, 1.82) is 0 Å². The Bertz CT molecular complexity index is 874. The summed E-state index contributed by atoms with van der Waals surface area (Å²) in [4.78, 5) is 36.3. The van der Waals surface area contributed by atoms with Gasteiger partial charge >= 0.3 is 12.0 Å². The van der Waals surface area contributed by atoms with Crippen molar-refractivity contribution >= 4 is 41.3 Å². The molecule has 1 aliphatic heterocycles. The molecule has 1 saturated heterocycles. The highest BCUT2D eigenvalue weighted by atomic mass is 35.5. The molecular weight excluding hydrogens is 332 g/mol. The van der Waals surface area contributed by atoms with Crippen molar-refractivity contribution in [2.24, 2.45) is 0 Å². The number of hydrogen-bond donors (Lipinski definition) is 2. The summed E-state index contributed by atoms with van der Waals surface area (Å²) in [5, 5.41) is 11.8. The number of imide groups is 1. The van der Waals surface area contributed by atoms with Crippen LogP contribution in [0, 0.1) is 0 Å². The van der Waals surface area contributed by atoms with Gasteiger partial charge in [-0.3, -0.25) is 4.79 Å². The Labute approximate surface area is 142 Å². The molecule has 7 heteroatoms. The second-order valence-corrected chi connectivity index (χ2v) is 5.47. The van der Waals surface area contributed by atoms with Gasteiger partial charge in [0.2, 0.25) is 0 Å². The molecule has 0 spiro atoms. The van der Waals surface area contributed by atoms with Gasteiger partial charge in [0.05, 0.1) is 11.3 Å². The third kappa shape index (κ3) is 3.00. The van der Waals surface area contributed by atoms with Crippen LogP contribution in [0.2, 0.25) is 5.02 Å². The first-order valence-corrected chi connectivity index (χ1v) is 7.29. The average molecular weight is 343 g/mol. The predicted molar refractivity (Wildman–Crippen MR) is 88.8 cm³/mol. The molecule has 0 aromatic heterocycles. The molecule has 120 valence electrons. The average Bonchev–Trinajstić information content (AvgIpc) is 2.82. The quantitative estimate of drug-likeness (QED) is 0.662. The lowest BCUT2D eigenvalue weighted by Gasteiger charge is -2.11. The van der Waals surface area contributed by atoms with Crippen molar-refractivity contribution in [3.63, 3.8) is 0 Å². The van der Waals surface area contributed by atoms with Gasteiger partial charge in [0.25, 0.3) is 5.91 Å². The van der Waals surface area contributed by atoms with Crippen LogP contribution in [-0.4, -0.2) is 23.0 Å². The highest BCUT2D eigenvalue weighted by molar-refractivity contribution is 6.32. The molecule has 0 bridgehead atoms. The second kappa shape index (κ2) is 6.17. The van der Waals surface area contributed by atoms with Crippen molar-refractivity contribution in [1.82, 2.24) is 5.32 Å². The smallest absolute Gasteiger partial charge is 0.335 e. The lowest BCUT2D eigenvalue weighted by atomic mass is 10.1. The van der Waals surface area contributed by atoms with Crippen molar-refractivity contribution in [2.75, 3.05) is 4.90 Å². The van der Waals surface area contributed by atoms with E-state index >= 15 is 0 Å². The molecule has 0 atom stereocenters. The Kier molecular flexibility index (Phi) is 4.05. The second-order valence-electron chi connectivity index (χ2n) is 5.04. The fourth-order valence-corrected chi connectivity index (χ4v) is 2.46. The number of nitrogens with one attached hydrogen (secondary N) is 1. The molecule has 1 aliphatic rings. The van der Waals surface area contributed by atoms with Gasteiger partial charge in [-0.1, -0.05) is 29.8 Å². The molecule has 0 aliphatic carbocycles. The minimum atomic E-state index is -1.04. The highest BCUT2D eigenvalue weighted by Crippen LogP contribution is 2.24. The van der Waals surface area contributed by atoms with E-state index in [0.29, 0.717) is 16.3 Å². The zero-order chi connectivity index (χ0) is 17.3. The maximum atomic E-state index is 12.4. The van der Waals surface area contributed by atoms with Crippen LogP contribution in [0.5, 0.6) is 0 Å². The number of carboxylic acid groups (broad SMARTS) is 1. The number of carbonyl (C=O) groups excluding carboxylic acids is 2. The summed E-state index contributed by atoms with van der Waals surface area (Å²) in [6.07, 6.45) is 1.48. The van der Waals surface area contributed by atoms with Crippen molar-refractivity contribution < 1.29 is 19.5 Å². The first-order valence-electron chi connectivity index (χ1n) is 6.92. The van der Waals surface area contributed by atoms with E-state index in [1.54, 1.807) is 30.3 Å². The summed E-state index contributed by atoms with van der Waals surface area (Å²) in [6, 6.07) is 11.8. The number of carbonyl (C=O) groups is 3. The fraction of sp³-hybridized carbons (Fsp3) is 0. The van der Waals surface area contributed by atoms with Gasteiger partial charge in [-0.05, 0) is 42.0 Å². The fourth-order valence-electron chi connectivity index (χ4n) is 2.27. The van der Waals surface area contributed by atoms with E-state index in [1.165, 1.54) is 24.3 Å². The number of aromatic carboxylic acids is 1. The van der Waals surface area contributed by atoms with E-state index in [9.17, 15) is 14.4 Å². The van der Waals surface area contributed by atoms with E-state index in [0.717, 1.165) is 4.90 Å². The maximum Gasteiger partial charge on any atom is 0.335 e. The van der Waals surface area contributed by atoms with Crippen LogP contribution < -0.4 is 10.2 Å². The van der Waals surface area contributed by atoms with Gasteiger partial charge in [0, 0.05) is 5.02 Å². The summed E-state index contributed by atoms with van der Waals surface area (Å²) < 4.78 is 0. The summed E-state index contributed by atoms with van der Waals surface area (Å²) in [5.41, 5.74) is 1.20. The van der Waals surface area contributed by atoms with Gasteiger partial charge in [-0.15, -0.1) is 0 Å². The number of halogens is 1. The molecule has 0 saturated carbocycles. The van der Waals surface area contributed by atoms with Crippen LogP contribution in [0.3, 0.4) is 0 Å². The molecule has 6 nitrogen and oxygen atoms in total. The van der Waals surface area contributed by atoms with Crippen LogP contribution in [0.1, 0.15) is 15.9 Å². The highest BCUT2D eigenvalue weighted by Gasteiger charge is 2.34. The number of rotatable bonds is 3. The van der Waals surface area contributed by atoms with Gasteiger partial charge in [-0.25, -0.2) is 14.5 Å². The Morgan fingerprint density at radius 2 is 1.83 bits per heavy atom. The van der Waals surface area contributed by atoms with Crippen LogP contribution in [-0.2, 0) is 4.79 Å². The minimum absolute atomic E-state index is 0.100. The van der Waals surface area contributed by atoms with Gasteiger partial charge in [-0.2, -0.15) is 0 Å². The molecule has 1 heterocycles. The number of amides is 3. The molecule has 2 aromatic rings. The van der Waals surface area contributed by atoms with Crippen LogP contribution in [0.15, 0.2) is 54.2 Å². The zero-order valence-corrected chi connectivity index (χ0v) is 12.9. The molecule has 2 aromatic carbocycles. The van der Waals surface area contributed by atoms with Crippen molar-refractivity contribution in [3.8, 4) is 0 Å². The third-order valence-corrected chi connectivity index (χ3v) is 3.65. The number of carboxylic acids is 1. The number of nitrogens with zero attached hydrogens (tertiary/aromatic N) is 1. The largest absolute Gasteiger partial charge is 0.478 e. The van der Waals surface area contributed by atoms with Crippen LogP contribution >= 0.6 is 11.6 Å². The van der Waals surface area contributed by atoms with Gasteiger partial charge < -0.3 is 10.4 Å². The van der Waals surface area contributed by atoms with Gasteiger partial charge in [0.15, 0.2) is 0 Å². The zero-order valence-electron chi connectivity index (χ0n) is 12.2. The SMILES string of the molecule is O=C(O)c1ccc(C=C2NC(=O)N(c3cccc(Cl)c3)C2=O)cc1. The summed E-state index contributed by atoms with van der Waals surface area (Å²) >= 11 is 5.89. The van der Waals surface area contributed by atoms with Crippen molar-refractivity contribution in [2.45, 2.75) is 0 Å². The topological polar surface area (TPSA) is 86.7 Å². The van der Waals surface area contributed by atoms with Crippen LogP contribution in [0.4, 0.5) is 10.5 Å². The van der Waals surface area contributed by atoms with Crippen LogP contribution in [0.25, 0.3) is 6.08 Å². The van der Waals surface area contributed by atoms with E-state index in [-0.39, 0.29) is 11.3 Å². The van der Waals surface area contributed by atoms with Crippen molar-refractivity contribution in [3.05, 3.63) is 70.4 Å². The monoisotopic (exact) mass is 342 g/mol. The normalized spacial score (nSPS) is 15.7. The standard InChI is InChI=1S/C17H11ClN2O4/c18-12-2-1-3-13(9-12)20-15(21)14(19-17(20)24)8-10-4-6-11(7-5-10)16(22)23/h1-9H,(H,19,24)(H,22,23). The predicted octanol–water partition coefficient (Wildman–Crippen LogP) is 3.14. The first-order chi connectivity index (χ1) is 11.5. The first kappa shape index (κ1) is 15.8. The molecular formula is C17H11ClN2O4. The summed E-state index contributed by atoms with van der Waals surface area (Å²) in [6.45, 7) is 0. The van der Waals surface area contributed by atoms with E-state index in [2.05, 4.69) is 5.32 Å². The Morgan fingerprint density at radius 1 is 1.12 bits per heavy atom. The van der Waals surface area contributed by atoms with E-state index in [4.69, 9.17) is 16.7 Å². The minimum Gasteiger partial charge on any atom is -0.478 e. The Balaban J connectivity index is 1.89. The molecule has 2 N–H and O–H groups in total. The Morgan fingerprint density at radius 3 is 2.46 bits per heavy atom. The summed E-state index contributed by atoms with van der Waals surface area (Å²) in [7, 11) is 0. The number of anilines is 1. The lowest BCUT2D eigenvalue weighted by Crippen LogP contribution is -2.30. The molecule has 0 radical (unpaired) electrons. The lowest BCUT2D eigenvalue weighted by molar-refractivity contribution is -0.113. The van der Waals surface area contributed by atoms with Gasteiger partial charge in [0.1, 0.15) is 5.70 Å². The third-order valence-electron chi connectivity index (χ3n) is 3.41. The summed E-state index contributed by atoms with van der Waals surface area (Å²) in [5.74, 6) is -1.55. The molecule has 24 heavy (non-hydrogen) atoms. The molecule has 1 fully saturated rings. The number of benzene rings is 2. The molecule has 3 rings (SSSR count). The van der Waals surface area contributed by atoms with E-state index in [1.807, 2.05) is 0 Å². The molecule has 0 unspecified atom stereocenters. The Hall–Kier alpha value is -3.12. The number of urea groups is 1. The van der Waals surface area contributed by atoms with E-state index < -0.39 is 17.9 Å². The number of hydrogen-bond acceptors (Lipinski definition) is 3. The maximum absolute atomic E-state index is 12.4. The molecule has 3 amide bonds.